The zero-order valence-electron chi connectivity index (χ0n) is 8.31. The molecule has 15 heavy (non-hydrogen) atoms. The predicted octanol–water partition coefficient (Wildman–Crippen LogP) is 2.03. The molecule has 4 nitrogen and oxygen atoms in total. The number of fused-ring (bicyclic) bond motifs is 1. The third-order valence-corrected chi connectivity index (χ3v) is 2.51. The molecule has 0 aromatic carbocycles. The fraction of sp³-hybridized carbons (Fsp3) is 0.0909. The average Bonchev–Trinajstić information content (AvgIpc) is 2.85. The second-order valence-corrected chi connectivity index (χ2v) is 3.50. The molecule has 0 fully saturated rings. The number of nitrogens with one attached hydrogen (secondary N) is 1. The van der Waals surface area contributed by atoms with E-state index in [-0.39, 0.29) is 0 Å². The van der Waals surface area contributed by atoms with Crippen molar-refractivity contribution in [1.82, 2.24) is 19.6 Å². The molecule has 1 N–H and O–H groups in total. The van der Waals surface area contributed by atoms with Gasteiger partial charge in [-0.25, -0.2) is 4.98 Å². The lowest BCUT2D eigenvalue weighted by molar-refractivity contribution is 1.07. The summed E-state index contributed by atoms with van der Waals surface area (Å²) in [6.07, 6.45) is 5.60. The average molecular weight is 198 g/mol. The van der Waals surface area contributed by atoms with E-state index in [1.807, 2.05) is 24.5 Å². The minimum absolute atomic E-state index is 0.980. The van der Waals surface area contributed by atoms with E-state index in [0.29, 0.717) is 0 Å². The SMILES string of the molecule is Cc1cccn2c(-c3ccn[nH]3)cnc12. The molecule has 0 saturated heterocycles. The Morgan fingerprint density at radius 3 is 3.07 bits per heavy atom. The summed E-state index contributed by atoms with van der Waals surface area (Å²) >= 11 is 0. The minimum atomic E-state index is 0.980. The molecule has 3 heterocycles. The van der Waals surface area contributed by atoms with Crippen LogP contribution in [0.15, 0.2) is 36.8 Å². The largest absolute Gasteiger partial charge is 0.298 e. The molecule has 0 aliphatic rings. The number of aromatic amines is 1. The highest BCUT2D eigenvalue weighted by molar-refractivity contribution is 5.61. The van der Waals surface area contributed by atoms with Crippen LogP contribution in [-0.2, 0) is 0 Å². The number of imidazole rings is 1. The smallest absolute Gasteiger partial charge is 0.140 e. The third kappa shape index (κ3) is 1.15. The van der Waals surface area contributed by atoms with Crippen LogP contribution in [0.25, 0.3) is 17.0 Å². The molecule has 0 unspecified atom stereocenters. The fourth-order valence-corrected chi connectivity index (χ4v) is 1.75. The topological polar surface area (TPSA) is 46.0 Å². The number of hydrogen-bond acceptors (Lipinski definition) is 2. The minimum Gasteiger partial charge on any atom is -0.298 e. The van der Waals surface area contributed by atoms with Crippen molar-refractivity contribution in [2.45, 2.75) is 6.92 Å². The number of hydrogen-bond donors (Lipinski definition) is 1. The van der Waals surface area contributed by atoms with E-state index in [1.54, 1.807) is 6.20 Å². The summed E-state index contributed by atoms with van der Waals surface area (Å²) in [4.78, 5) is 4.39. The van der Waals surface area contributed by atoms with Crippen LogP contribution in [0, 0.1) is 6.92 Å². The van der Waals surface area contributed by atoms with Crippen LogP contribution in [0.2, 0.25) is 0 Å². The molecular formula is C11H10N4. The van der Waals surface area contributed by atoms with Gasteiger partial charge in [-0.05, 0) is 24.6 Å². The van der Waals surface area contributed by atoms with Crippen molar-refractivity contribution in [2.75, 3.05) is 0 Å². The van der Waals surface area contributed by atoms with Crippen molar-refractivity contribution in [3.05, 3.63) is 42.4 Å². The van der Waals surface area contributed by atoms with Crippen molar-refractivity contribution in [3.8, 4) is 11.4 Å². The summed E-state index contributed by atoms with van der Waals surface area (Å²) in [7, 11) is 0. The molecule has 0 atom stereocenters. The quantitative estimate of drug-likeness (QED) is 0.650. The molecule has 4 heteroatoms. The number of aryl methyl sites for hydroxylation is 1. The molecule has 74 valence electrons. The molecule has 0 spiro atoms. The summed E-state index contributed by atoms with van der Waals surface area (Å²) in [5.41, 5.74) is 4.17. The van der Waals surface area contributed by atoms with Crippen LogP contribution in [0.3, 0.4) is 0 Å². The number of pyridine rings is 1. The Kier molecular flexibility index (Phi) is 1.62. The van der Waals surface area contributed by atoms with Gasteiger partial charge < -0.3 is 0 Å². The normalized spacial score (nSPS) is 11.0. The summed E-state index contributed by atoms with van der Waals surface area (Å²) in [6, 6.07) is 6.01. The molecule has 0 saturated carbocycles. The molecular weight excluding hydrogens is 188 g/mol. The van der Waals surface area contributed by atoms with Gasteiger partial charge in [0.25, 0.3) is 0 Å². The monoisotopic (exact) mass is 198 g/mol. The first-order chi connectivity index (χ1) is 7.36. The van der Waals surface area contributed by atoms with E-state index >= 15 is 0 Å². The Morgan fingerprint density at radius 2 is 2.27 bits per heavy atom. The fourth-order valence-electron chi connectivity index (χ4n) is 1.75. The van der Waals surface area contributed by atoms with E-state index in [4.69, 9.17) is 0 Å². The molecule has 0 aliphatic carbocycles. The maximum Gasteiger partial charge on any atom is 0.140 e. The zero-order chi connectivity index (χ0) is 10.3. The van der Waals surface area contributed by atoms with E-state index in [0.717, 1.165) is 17.0 Å². The third-order valence-electron chi connectivity index (χ3n) is 2.51. The highest BCUT2D eigenvalue weighted by atomic mass is 15.1. The molecule has 0 amide bonds. The van der Waals surface area contributed by atoms with Crippen molar-refractivity contribution >= 4 is 5.65 Å². The molecule has 0 aliphatic heterocycles. The van der Waals surface area contributed by atoms with Gasteiger partial charge in [0, 0.05) is 12.4 Å². The number of rotatable bonds is 1. The van der Waals surface area contributed by atoms with Gasteiger partial charge in [0.05, 0.1) is 17.6 Å². The highest BCUT2D eigenvalue weighted by Gasteiger charge is 2.07. The molecule has 3 rings (SSSR count). The highest BCUT2D eigenvalue weighted by Crippen LogP contribution is 2.19. The van der Waals surface area contributed by atoms with Crippen LogP contribution in [0.4, 0.5) is 0 Å². The van der Waals surface area contributed by atoms with Gasteiger partial charge in [-0.15, -0.1) is 0 Å². The van der Waals surface area contributed by atoms with Crippen LogP contribution < -0.4 is 0 Å². The Hall–Kier alpha value is -2.10. The Morgan fingerprint density at radius 1 is 1.33 bits per heavy atom. The summed E-state index contributed by atoms with van der Waals surface area (Å²) in [5.74, 6) is 0. The summed E-state index contributed by atoms with van der Waals surface area (Å²) < 4.78 is 2.06. The van der Waals surface area contributed by atoms with Gasteiger partial charge in [-0.2, -0.15) is 5.10 Å². The number of H-pyrrole nitrogens is 1. The standard InChI is InChI=1S/C11H10N4/c1-8-3-2-6-15-10(7-12-11(8)15)9-4-5-13-14-9/h2-7H,1H3,(H,13,14). The lowest BCUT2D eigenvalue weighted by atomic mass is 10.3. The van der Waals surface area contributed by atoms with Crippen LogP contribution in [0.1, 0.15) is 5.56 Å². The second kappa shape index (κ2) is 2.95. The maximum absolute atomic E-state index is 4.39. The van der Waals surface area contributed by atoms with Crippen molar-refractivity contribution in [3.63, 3.8) is 0 Å². The van der Waals surface area contributed by atoms with Crippen LogP contribution >= 0.6 is 0 Å². The number of nitrogens with zero attached hydrogens (tertiary/aromatic N) is 3. The Labute approximate surface area is 86.6 Å². The molecule has 3 aromatic rings. The van der Waals surface area contributed by atoms with Gasteiger partial charge in [0.1, 0.15) is 5.65 Å². The van der Waals surface area contributed by atoms with E-state index in [1.165, 1.54) is 5.56 Å². The van der Waals surface area contributed by atoms with Gasteiger partial charge in [0.15, 0.2) is 0 Å². The van der Waals surface area contributed by atoms with Crippen molar-refractivity contribution in [2.24, 2.45) is 0 Å². The van der Waals surface area contributed by atoms with Gasteiger partial charge in [-0.1, -0.05) is 6.07 Å². The van der Waals surface area contributed by atoms with E-state index in [2.05, 4.69) is 32.6 Å². The predicted molar refractivity (Wildman–Crippen MR) is 57.5 cm³/mol. The molecule has 0 bridgehead atoms. The second-order valence-electron chi connectivity index (χ2n) is 3.50. The first kappa shape index (κ1) is 8.23. The molecule has 0 radical (unpaired) electrons. The first-order valence-electron chi connectivity index (χ1n) is 4.79. The van der Waals surface area contributed by atoms with Crippen molar-refractivity contribution < 1.29 is 0 Å². The van der Waals surface area contributed by atoms with Gasteiger partial charge >= 0.3 is 0 Å². The zero-order valence-corrected chi connectivity index (χ0v) is 8.31. The number of aromatic nitrogens is 4. The van der Waals surface area contributed by atoms with Gasteiger partial charge in [-0.3, -0.25) is 9.50 Å². The summed E-state index contributed by atoms with van der Waals surface area (Å²) in [5, 5.41) is 6.88. The van der Waals surface area contributed by atoms with Crippen LogP contribution in [-0.4, -0.2) is 19.6 Å². The Bertz CT molecular complexity index is 592. The Balaban J connectivity index is 2.34. The van der Waals surface area contributed by atoms with Crippen LogP contribution in [0.5, 0.6) is 0 Å². The van der Waals surface area contributed by atoms with E-state index in [9.17, 15) is 0 Å². The summed E-state index contributed by atoms with van der Waals surface area (Å²) in [6.45, 7) is 2.05. The molecule has 3 aromatic heterocycles. The maximum atomic E-state index is 4.39. The van der Waals surface area contributed by atoms with Crippen molar-refractivity contribution in [1.29, 1.82) is 0 Å². The first-order valence-corrected chi connectivity index (χ1v) is 4.79. The van der Waals surface area contributed by atoms with E-state index < -0.39 is 0 Å². The van der Waals surface area contributed by atoms with Gasteiger partial charge in [0.2, 0.25) is 0 Å². The lowest BCUT2D eigenvalue weighted by Gasteiger charge is -1.99. The lowest BCUT2D eigenvalue weighted by Crippen LogP contribution is -1.89.